The van der Waals surface area contributed by atoms with Crippen LogP contribution in [0.5, 0.6) is 0 Å². The van der Waals surface area contributed by atoms with E-state index in [2.05, 4.69) is 33.6 Å². The van der Waals surface area contributed by atoms with Gasteiger partial charge in [0.1, 0.15) is 22.0 Å². The zero-order valence-electron chi connectivity index (χ0n) is 18.1. The minimum atomic E-state index is -0.0185. The summed E-state index contributed by atoms with van der Waals surface area (Å²) >= 11 is 2.19. The standard InChI is InChI=1S/C24H23IN6O/c1-14-7-4-5-10-18(14)31-17(11-16-9-6-8-15(2)19(16)24(31)32)12-30-23-20(21(25)28-30)22(26)27-13-29(23)3/h4-11H,12-13H2,1-3H3,(H2,26,27). The summed E-state index contributed by atoms with van der Waals surface area (Å²) < 4.78 is 4.54. The molecule has 0 spiro atoms. The molecule has 0 aliphatic carbocycles. The van der Waals surface area contributed by atoms with Gasteiger partial charge >= 0.3 is 0 Å². The number of pyridine rings is 1. The fraction of sp³-hybridized carbons (Fsp3) is 0.208. The van der Waals surface area contributed by atoms with Crippen molar-refractivity contribution in [2.75, 3.05) is 18.6 Å². The molecular formula is C24H23IN6O. The molecule has 0 amide bonds. The summed E-state index contributed by atoms with van der Waals surface area (Å²) in [5.41, 5.74) is 10.8. The smallest absolute Gasteiger partial charge is 0.263 e. The van der Waals surface area contributed by atoms with E-state index in [4.69, 9.17) is 10.8 Å². The fourth-order valence-corrected chi connectivity index (χ4v) is 5.19. The number of rotatable bonds is 3. The van der Waals surface area contributed by atoms with Crippen molar-refractivity contribution in [3.8, 4) is 5.69 Å². The first-order chi connectivity index (χ1) is 15.4. The van der Waals surface area contributed by atoms with Gasteiger partial charge < -0.3 is 10.6 Å². The number of hydrogen-bond acceptors (Lipinski definition) is 5. The second-order valence-corrected chi connectivity index (χ2v) is 9.15. The number of aryl methyl sites for hydroxylation is 2. The number of aromatic nitrogens is 3. The molecule has 0 atom stereocenters. The molecule has 1 aliphatic heterocycles. The lowest BCUT2D eigenvalue weighted by atomic mass is 10.1. The van der Waals surface area contributed by atoms with E-state index in [1.54, 1.807) is 0 Å². The van der Waals surface area contributed by atoms with E-state index >= 15 is 0 Å². The molecule has 3 heterocycles. The average Bonchev–Trinajstić information content (AvgIpc) is 3.09. The summed E-state index contributed by atoms with van der Waals surface area (Å²) in [5, 5.41) is 6.43. The summed E-state index contributed by atoms with van der Waals surface area (Å²) in [6, 6.07) is 16.0. The topological polar surface area (TPSA) is 81.4 Å². The van der Waals surface area contributed by atoms with Crippen LogP contribution in [0.2, 0.25) is 0 Å². The van der Waals surface area contributed by atoms with Gasteiger partial charge in [-0.05, 0) is 65.1 Å². The van der Waals surface area contributed by atoms with Crippen LogP contribution in [0.4, 0.5) is 5.82 Å². The van der Waals surface area contributed by atoms with Crippen LogP contribution in [0.3, 0.4) is 0 Å². The summed E-state index contributed by atoms with van der Waals surface area (Å²) in [5.74, 6) is 1.41. The van der Waals surface area contributed by atoms with Crippen molar-refractivity contribution < 1.29 is 0 Å². The molecule has 0 unspecified atom stereocenters. The second kappa shape index (κ2) is 7.77. The van der Waals surface area contributed by atoms with E-state index in [9.17, 15) is 4.79 Å². The van der Waals surface area contributed by atoms with Gasteiger partial charge in [-0.3, -0.25) is 9.36 Å². The Labute approximate surface area is 199 Å². The predicted molar refractivity (Wildman–Crippen MR) is 137 cm³/mol. The van der Waals surface area contributed by atoms with E-state index in [0.717, 1.165) is 48.4 Å². The predicted octanol–water partition coefficient (Wildman–Crippen LogP) is 3.57. The van der Waals surface area contributed by atoms with Crippen molar-refractivity contribution >= 4 is 45.0 Å². The quantitative estimate of drug-likeness (QED) is 0.405. The van der Waals surface area contributed by atoms with Crippen LogP contribution < -0.4 is 16.2 Å². The van der Waals surface area contributed by atoms with Crippen LogP contribution in [0.1, 0.15) is 22.4 Å². The fourth-order valence-electron chi connectivity index (χ4n) is 4.41. The van der Waals surface area contributed by atoms with Crippen LogP contribution in [0.25, 0.3) is 16.5 Å². The van der Waals surface area contributed by atoms with Crippen molar-refractivity contribution in [2.24, 2.45) is 10.7 Å². The molecule has 162 valence electrons. The van der Waals surface area contributed by atoms with Crippen molar-refractivity contribution in [3.05, 3.63) is 85.0 Å². The highest BCUT2D eigenvalue weighted by Crippen LogP contribution is 2.29. The molecule has 0 saturated carbocycles. The van der Waals surface area contributed by atoms with Gasteiger partial charge in [0.15, 0.2) is 0 Å². The molecule has 0 fully saturated rings. The number of para-hydroxylation sites is 1. The molecule has 0 radical (unpaired) electrons. The first-order valence-corrected chi connectivity index (χ1v) is 11.4. The minimum Gasteiger partial charge on any atom is -0.383 e. The van der Waals surface area contributed by atoms with E-state index in [0.29, 0.717) is 19.0 Å². The van der Waals surface area contributed by atoms with Gasteiger partial charge in [-0.2, -0.15) is 5.10 Å². The Morgan fingerprint density at radius 1 is 1.09 bits per heavy atom. The summed E-state index contributed by atoms with van der Waals surface area (Å²) in [6.45, 7) is 4.91. The summed E-state index contributed by atoms with van der Waals surface area (Å²) in [7, 11) is 1.97. The molecule has 0 bridgehead atoms. The third-order valence-electron chi connectivity index (χ3n) is 5.95. The largest absolute Gasteiger partial charge is 0.383 e. The molecule has 7 nitrogen and oxygen atoms in total. The lowest BCUT2D eigenvalue weighted by Gasteiger charge is -2.24. The van der Waals surface area contributed by atoms with Crippen molar-refractivity contribution in [1.29, 1.82) is 0 Å². The average molecular weight is 538 g/mol. The van der Waals surface area contributed by atoms with Crippen molar-refractivity contribution in [1.82, 2.24) is 14.3 Å². The number of hydrogen-bond donors (Lipinski definition) is 1. The summed E-state index contributed by atoms with van der Waals surface area (Å²) in [6.07, 6.45) is 0. The summed E-state index contributed by atoms with van der Waals surface area (Å²) in [4.78, 5) is 20.2. The third kappa shape index (κ3) is 3.21. The van der Waals surface area contributed by atoms with Gasteiger partial charge in [-0.15, -0.1) is 0 Å². The van der Waals surface area contributed by atoms with Crippen LogP contribution >= 0.6 is 22.6 Å². The van der Waals surface area contributed by atoms with Crippen LogP contribution in [-0.2, 0) is 6.54 Å². The highest BCUT2D eigenvalue weighted by Gasteiger charge is 2.26. The van der Waals surface area contributed by atoms with Crippen LogP contribution in [0, 0.1) is 17.5 Å². The number of halogens is 1. The highest BCUT2D eigenvalue weighted by atomic mass is 127. The molecule has 2 N–H and O–H groups in total. The first kappa shape index (κ1) is 20.7. The first-order valence-electron chi connectivity index (χ1n) is 10.3. The maximum Gasteiger partial charge on any atom is 0.263 e. The van der Waals surface area contributed by atoms with Gasteiger partial charge in [-0.1, -0.05) is 36.4 Å². The molecular weight excluding hydrogens is 515 g/mol. The van der Waals surface area contributed by atoms with Gasteiger partial charge in [-0.25, -0.2) is 9.67 Å². The Balaban J connectivity index is 1.78. The van der Waals surface area contributed by atoms with Gasteiger partial charge in [0.05, 0.1) is 23.2 Å². The zero-order valence-corrected chi connectivity index (χ0v) is 20.3. The Morgan fingerprint density at radius 3 is 2.62 bits per heavy atom. The number of anilines is 1. The Morgan fingerprint density at radius 2 is 1.84 bits per heavy atom. The Kier molecular flexibility index (Phi) is 5.04. The van der Waals surface area contributed by atoms with E-state index < -0.39 is 0 Å². The molecule has 0 saturated heterocycles. The van der Waals surface area contributed by atoms with Gasteiger partial charge in [0, 0.05) is 12.7 Å². The number of fused-ring (bicyclic) bond motifs is 2. The normalized spacial score (nSPS) is 13.4. The molecule has 1 aliphatic rings. The highest BCUT2D eigenvalue weighted by molar-refractivity contribution is 14.1. The molecule has 2 aromatic carbocycles. The van der Waals surface area contributed by atoms with Crippen molar-refractivity contribution in [3.63, 3.8) is 0 Å². The van der Waals surface area contributed by atoms with E-state index in [1.165, 1.54) is 0 Å². The van der Waals surface area contributed by atoms with E-state index in [-0.39, 0.29) is 5.56 Å². The Bertz CT molecular complexity index is 1470. The SMILES string of the molecule is Cc1ccccc1-n1c(Cn2nc(I)c3c2N(C)CN=C3N)cc2cccc(C)c2c1=O. The maximum atomic E-state index is 13.8. The molecule has 32 heavy (non-hydrogen) atoms. The molecule has 5 rings (SSSR count). The second-order valence-electron chi connectivity index (χ2n) is 8.13. The Hall–Kier alpha value is -3.14. The number of benzene rings is 2. The number of nitrogens with zero attached hydrogens (tertiary/aromatic N) is 5. The molecule has 2 aromatic heterocycles. The molecule has 8 heteroatoms. The van der Waals surface area contributed by atoms with Crippen LogP contribution in [0.15, 0.2) is 58.3 Å². The van der Waals surface area contributed by atoms with Crippen LogP contribution in [-0.4, -0.2) is 33.9 Å². The minimum absolute atomic E-state index is 0.0185. The van der Waals surface area contributed by atoms with Gasteiger partial charge in [0.2, 0.25) is 0 Å². The third-order valence-corrected chi connectivity index (χ3v) is 6.71. The number of nitrogens with two attached hydrogens (primary N) is 1. The van der Waals surface area contributed by atoms with E-state index in [1.807, 2.05) is 77.5 Å². The monoisotopic (exact) mass is 538 g/mol. The number of aliphatic imine (C=N–C) groups is 1. The van der Waals surface area contributed by atoms with Gasteiger partial charge in [0.25, 0.3) is 5.56 Å². The maximum absolute atomic E-state index is 13.8. The molecule has 4 aromatic rings. The lowest BCUT2D eigenvalue weighted by Crippen LogP contribution is -2.32. The zero-order chi connectivity index (χ0) is 22.6. The lowest BCUT2D eigenvalue weighted by molar-refractivity contribution is 0.639. The number of amidine groups is 1. The van der Waals surface area contributed by atoms with Crippen molar-refractivity contribution in [2.45, 2.75) is 20.4 Å².